The third-order valence-corrected chi connectivity index (χ3v) is 5.43. The molecule has 2 aliphatic heterocycles. The average Bonchev–Trinajstić information content (AvgIpc) is 2.81. The van der Waals surface area contributed by atoms with E-state index in [1.807, 2.05) is 0 Å². The number of ether oxygens (including phenoxy) is 1. The lowest BCUT2D eigenvalue weighted by atomic mass is 9.92. The molecular weight excluding hydrogens is 258 g/mol. The van der Waals surface area contributed by atoms with Crippen molar-refractivity contribution in [3.05, 3.63) is 0 Å². The Morgan fingerprint density at radius 1 is 1.39 bits per heavy atom. The summed E-state index contributed by atoms with van der Waals surface area (Å²) in [5.74, 6) is -1.08. The molecule has 2 fully saturated rings. The lowest BCUT2D eigenvalue weighted by Gasteiger charge is -2.34. The summed E-state index contributed by atoms with van der Waals surface area (Å²) < 4.78 is 28.2. The molecule has 7 heteroatoms. The van der Waals surface area contributed by atoms with Crippen LogP contribution in [-0.2, 0) is 19.4 Å². The van der Waals surface area contributed by atoms with E-state index in [2.05, 4.69) is 5.32 Å². The second-order valence-electron chi connectivity index (χ2n) is 5.06. The maximum Gasteiger partial charge on any atom is 0.323 e. The number of carbonyl (C=O) groups is 1. The average molecular weight is 277 g/mol. The van der Waals surface area contributed by atoms with Crippen molar-refractivity contribution in [2.75, 3.05) is 24.7 Å². The Balaban J connectivity index is 1.97. The quantitative estimate of drug-likeness (QED) is 0.738. The van der Waals surface area contributed by atoms with Gasteiger partial charge in [-0.05, 0) is 25.7 Å². The molecule has 2 aliphatic rings. The maximum atomic E-state index is 11.4. The summed E-state index contributed by atoms with van der Waals surface area (Å²) >= 11 is 0. The van der Waals surface area contributed by atoms with Gasteiger partial charge in [-0.3, -0.25) is 10.1 Å². The molecule has 18 heavy (non-hydrogen) atoms. The minimum absolute atomic E-state index is 0.0553. The lowest BCUT2D eigenvalue weighted by Crippen LogP contribution is -2.58. The SMILES string of the molecule is O=C(O)C1(NCC2CCCO2)CCS(=O)(=O)CC1. The first-order valence-electron chi connectivity index (χ1n) is 6.24. The van der Waals surface area contributed by atoms with Crippen molar-refractivity contribution in [3.63, 3.8) is 0 Å². The molecule has 2 heterocycles. The molecule has 0 aliphatic carbocycles. The van der Waals surface area contributed by atoms with Crippen LogP contribution in [0.25, 0.3) is 0 Å². The zero-order valence-corrected chi connectivity index (χ0v) is 11.0. The van der Waals surface area contributed by atoms with Crippen LogP contribution in [0.15, 0.2) is 0 Å². The highest BCUT2D eigenvalue weighted by Gasteiger charge is 2.43. The fourth-order valence-corrected chi connectivity index (χ4v) is 3.99. The monoisotopic (exact) mass is 277 g/mol. The molecule has 2 N–H and O–H groups in total. The van der Waals surface area contributed by atoms with Gasteiger partial charge in [0.05, 0.1) is 17.6 Å². The van der Waals surface area contributed by atoms with Crippen LogP contribution >= 0.6 is 0 Å². The highest BCUT2D eigenvalue weighted by Crippen LogP contribution is 2.25. The maximum absolute atomic E-state index is 11.4. The van der Waals surface area contributed by atoms with Gasteiger partial charge in [0.2, 0.25) is 0 Å². The number of hydrogen-bond acceptors (Lipinski definition) is 5. The molecular formula is C11H19NO5S. The third-order valence-electron chi connectivity index (χ3n) is 3.78. The van der Waals surface area contributed by atoms with Crippen molar-refractivity contribution in [2.24, 2.45) is 0 Å². The summed E-state index contributed by atoms with van der Waals surface area (Å²) in [6.07, 6.45) is 2.26. The Kier molecular flexibility index (Phi) is 3.93. The van der Waals surface area contributed by atoms with Crippen molar-refractivity contribution in [3.8, 4) is 0 Å². The van der Waals surface area contributed by atoms with E-state index in [0.29, 0.717) is 6.54 Å². The summed E-state index contributed by atoms with van der Waals surface area (Å²) in [6, 6.07) is 0. The molecule has 0 saturated carbocycles. The van der Waals surface area contributed by atoms with Crippen LogP contribution in [0.1, 0.15) is 25.7 Å². The van der Waals surface area contributed by atoms with E-state index in [4.69, 9.17) is 4.74 Å². The topological polar surface area (TPSA) is 92.7 Å². The minimum Gasteiger partial charge on any atom is -0.480 e. The molecule has 0 spiro atoms. The van der Waals surface area contributed by atoms with Crippen LogP contribution in [0.5, 0.6) is 0 Å². The number of aliphatic carboxylic acids is 1. The normalized spacial score (nSPS) is 30.1. The van der Waals surface area contributed by atoms with Crippen molar-refractivity contribution in [2.45, 2.75) is 37.3 Å². The number of rotatable bonds is 4. The molecule has 6 nitrogen and oxygen atoms in total. The van der Waals surface area contributed by atoms with Gasteiger partial charge >= 0.3 is 5.97 Å². The fourth-order valence-electron chi connectivity index (χ4n) is 2.47. The molecule has 1 atom stereocenters. The van der Waals surface area contributed by atoms with Crippen LogP contribution in [0.3, 0.4) is 0 Å². The van der Waals surface area contributed by atoms with Crippen molar-refractivity contribution in [1.82, 2.24) is 5.32 Å². The van der Waals surface area contributed by atoms with Gasteiger partial charge in [-0.1, -0.05) is 0 Å². The van der Waals surface area contributed by atoms with Crippen LogP contribution in [0.4, 0.5) is 0 Å². The first kappa shape index (κ1) is 13.8. The smallest absolute Gasteiger partial charge is 0.323 e. The highest BCUT2D eigenvalue weighted by molar-refractivity contribution is 7.91. The van der Waals surface area contributed by atoms with Crippen LogP contribution < -0.4 is 5.32 Å². The predicted molar refractivity (Wildman–Crippen MR) is 65.2 cm³/mol. The molecule has 1 unspecified atom stereocenters. The summed E-state index contributed by atoms with van der Waals surface area (Å²) in [5, 5.41) is 12.4. The second kappa shape index (κ2) is 5.14. The van der Waals surface area contributed by atoms with E-state index in [0.717, 1.165) is 19.4 Å². The number of nitrogens with one attached hydrogen (secondary N) is 1. The van der Waals surface area contributed by atoms with Crippen LogP contribution in [0, 0.1) is 0 Å². The first-order valence-corrected chi connectivity index (χ1v) is 8.06. The zero-order chi connectivity index (χ0) is 13.2. The Bertz CT molecular complexity index is 399. The fraction of sp³-hybridized carbons (Fsp3) is 0.909. The van der Waals surface area contributed by atoms with Crippen molar-refractivity contribution in [1.29, 1.82) is 0 Å². The van der Waals surface area contributed by atoms with Gasteiger partial charge in [0, 0.05) is 13.2 Å². The summed E-state index contributed by atoms with van der Waals surface area (Å²) in [6.45, 7) is 1.20. The summed E-state index contributed by atoms with van der Waals surface area (Å²) in [5.41, 5.74) is -1.10. The first-order chi connectivity index (χ1) is 8.44. The summed E-state index contributed by atoms with van der Waals surface area (Å²) in [7, 11) is -3.06. The van der Waals surface area contributed by atoms with E-state index in [-0.39, 0.29) is 30.5 Å². The van der Waals surface area contributed by atoms with Gasteiger partial charge in [-0.2, -0.15) is 0 Å². The number of sulfone groups is 1. The summed E-state index contributed by atoms with van der Waals surface area (Å²) in [4.78, 5) is 11.4. The number of hydrogen-bond donors (Lipinski definition) is 2. The Labute approximate surface area is 107 Å². The van der Waals surface area contributed by atoms with E-state index >= 15 is 0 Å². The van der Waals surface area contributed by atoms with Crippen molar-refractivity contribution >= 4 is 15.8 Å². The molecule has 0 aromatic rings. The minimum atomic E-state index is -3.06. The largest absolute Gasteiger partial charge is 0.480 e. The molecule has 0 radical (unpaired) electrons. The van der Waals surface area contributed by atoms with E-state index in [1.54, 1.807) is 0 Å². The van der Waals surface area contributed by atoms with Crippen molar-refractivity contribution < 1.29 is 23.1 Å². The second-order valence-corrected chi connectivity index (χ2v) is 7.36. The Hall–Kier alpha value is -0.660. The molecule has 0 aromatic carbocycles. The molecule has 0 bridgehead atoms. The molecule has 104 valence electrons. The molecule has 2 rings (SSSR count). The van der Waals surface area contributed by atoms with E-state index in [9.17, 15) is 18.3 Å². The Morgan fingerprint density at radius 3 is 2.56 bits per heavy atom. The van der Waals surface area contributed by atoms with Gasteiger partial charge < -0.3 is 9.84 Å². The van der Waals surface area contributed by atoms with Gasteiger partial charge in [0.25, 0.3) is 0 Å². The van der Waals surface area contributed by atoms with E-state index in [1.165, 1.54) is 0 Å². The molecule has 0 amide bonds. The van der Waals surface area contributed by atoms with E-state index < -0.39 is 21.3 Å². The molecule has 0 aromatic heterocycles. The predicted octanol–water partition coefficient (Wildman–Crippen LogP) is -0.213. The number of carboxylic acids is 1. The van der Waals surface area contributed by atoms with Gasteiger partial charge in [-0.25, -0.2) is 8.42 Å². The third kappa shape index (κ3) is 3.02. The van der Waals surface area contributed by atoms with Crippen LogP contribution in [0.2, 0.25) is 0 Å². The zero-order valence-electron chi connectivity index (χ0n) is 10.2. The van der Waals surface area contributed by atoms with Gasteiger partial charge in [0.1, 0.15) is 15.4 Å². The van der Waals surface area contributed by atoms with Gasteiger partial charge in [-0.15, -0.1) is 0 Å². The molecule has 2 saturated heterocycles. The standard InChI is InChI=1S/C11H19NO5S/c13-10(14)11(3-6-18(15,16)7-4-11)12-8-9-2-1-5-17-9/h9,12H,1-8H2,(H,13,14). The Morgan fingerprint density at radius 2 is 2.06 bits per heavy atom. The van der Waals surface area contributed by atoms with Crippen LogP contribution in [-0.4, -0.2) is 55.8 Å². The van der Waals surface area contributed by atoms with Gasteiger partial charge in [0.15, 0.2) is 0 Å². The highest BCUT2D eigenvalue weighted by atomic mass is 32.2. The number of carboxylic acid groups (broad SMARTS) is 1. The lowest BCUT2D eigenvalue weighted by molar-refractivity contribution is -0.145.